The third kappa shape index (κ3) is 2.84. The van der Waals surface area contributed by atoms with Crippen LogP contribution in [0.25, 0.3) is 33.2 Å². The Morgan fingerprint density at radius 2 is 1.74 bits per heavy atom. The molecule has 0 radical (unpaired) electrons. The molecule has 0 unspecified atom stereocenters. The normalized spacial score (nSPS) is 12.0. The van der Waals surface area contributed by atoms with Gasteiger partial charge in [0.15, 0.2) is 5.43 Å². The molecule has 0 fully saturated rings. The van der Waals surface area contributed by atoms with E-state index in [0.29, 0.717) is 16.4 Å². The minimum absolute atomic E-state index is 0.111. The summed E-state index contributed by atoms with van der Waals surface area (Å²) < 4.78 is 39.0. The molecular weight excluding hydrogens is 361 g/mol. The number of nitrogens with one attached hydrogen (secondary N) is 2. The lowest BCUT2D eigenvalue weighted by Crippen LogP contribution is -2.05. The number of hydrogen-bond acceptors (Lipinski definition) is 2. The fraction of sp³-hybridized carbons (Fsp3) is 0.0526. The topological polar surface area (TPSA) is 85.9 Å². The molecule has 2 heterocycles. The van der Waals surface area contributed by atoms with Gasteiger partial charge in [0.1, 0.15) is 0 Å². The first-order valence-electron chi connectivity index (χ1n) is 7.84. The van der Waals surface area contributed by atoms with Crippen molar-refractivity contribution in [3.63, 3.8) is 0 Å². The molecule has 0 atom stereocenters. The minimum atomic E-state index is -4.51. The maximum atomic E-state index is 13.0. The van der Waals surface area contributed by atoms with Crippen molar-refractivity contribution in [2.75, 3.05) is 0 Å². The van der Waals surface area contributed by atoms with Crippen LogP contribution in [0.3, 0.4) is 0 Å². The van der Waals surface area contributed by atoms with Crippen molar-refractivity contribution >= 4 is 27.9 Å². The van der Waals surface area contributed by atoms with Gasteiger partial charge in [0.05, 0.1) is 27.7 Å². The average molecular weight is 372 g/mol. The van der Waals surface area contributed by atoms with Gasteiger partial charge in [-0.25, -0.2) is 4.79 Å². The van der Waals surface area contributed by atoms with E-state index in [1.807, 2.05) is 0 Å². The van der Waals surface area contributed by atoms with Crippen LogP contribution in [-0.4, -0.2) is 21.0 Å². The Labute approximate surface area is 149 Å². The summed E-state index contributed by atoms with van der Waals surface area (Å²) in [4.78, 5) is 29.1. The van der Waals surface area contributed by atoms with Crippen LogP contribution in [0.15, 0.2) is 53.3 Å². The number of carbonyl (C=O) groups is 1. The fourth-order valence-corrected chi connectivity index (χ4v) is 3.08. The quantitative estimate of drug-likeness (QED) is 0.488. The second-order valence-electron chi connectivity index (χ2n) is 6.06. The number of hydrogen-bond donors (Lipinski definition) is 3. The zero-order valence-corrected chi connectivity index (χ0v) is 13.5. The Kier molecular flexibility index (Phi) is 3.59. The summed E-state index contributed by atoms with van der Waals surface area (Å²) >= 11 is 0. The smallest absolute Gasteiger partial charge is 0.416 e. The first kappa shape index (κ1) is 16.9. The summed E-state index contributed by atoms with van der Waals surface area (Å²) in [5, 5.41) is 10.1. The molecule has 136 valence electrons. The lowest BCUT2D eigenvalue weighted by molar-refractivity contribution is -0.137. The predicted molar refractivity (Wildman–Crippen MR) is 93.8 cm³/mol. The van der Waals surface area contributed by atoms with Crippen molar-refractivity contribution in [3.8, 4) is 11.3 Å². The van der Waals surface area contributed by atoms with Crippen LogP contribution in [0, 0.1) is 0 Å². The van der Waals surface area contributed by atoms with Gasteiger partial charge in [0, 0.05) is 17.1 Å². The number of carboxylic acids is 1. The van der Waals surface area contributed by atoms with Crippen molar-refractivity contribution < 1.29 is 23.1 Å². The molecule has 2 aromatic heterocycles. The number of halogens is 3. The molecule has 0 aliphatic carbocycles. The van der Waals surface area contributed by atoms with E-state index in [-0.39, 0.29) is 27.8 Å². The Morgan fingerprint density at radius 3 is 2.44 bits per heavy atom. The van der Waals surface area contributed by atoms with Crippen LogP contribution in [-0.2, 0) is 6.18 Å². The number of pyridine rings is 1. The van der Waals surface area contributed by atoms with Gasteiger partial charge in [-0.2, -0.15) is 13.2 Å². The monoisotopic (exact) mass is 372 g/mol. The van der Waals surface area contributed by atoms with Crippen LogP contribution in [0.1, 0.15) is 15.9 Å². The van der Waals surface area contributed by atoms with Crippen molar-refractivity contribution in [3.05, 3.63) is 69.9 Å². The second kappa shape index (κ2) is 5.73. The Hall–Kier alpha value is -3.55. The van der Waals surface area contributed by atoms with Crippen LogP contribution in [0.5, 0.6) is 0 Å². The SMILES string of the molecule is O=C(O)c1cc(-c2cccc(C(F)(F)F)c2)[nH]c2c1[nH]c1cc(=O)ccc12. The molecule has 27 heavy (non-hydrogen) atoms. The highest BCUT2D eigenvalue weighted by Gasteiger charge is 2.30. The third-order valence-electron chi connectivity index (χ3n) is 4.32. The van der Waals surface area contributed by atoms with E-state index in [2.05, 4.69) is 9.97 Å². The van der Waals surface area contributed by atoms with Gasteiger partial charge < -0.3 is 15.1 Å². The molecule has 2 aromatic carbocycles. The molecule has 4 rings (SSSR count). The number of fused-ring (bicyclic) bond motifs is 3. The molecular formula is C19H11F3N2O3. The number of rotatable bonds is 2. The molecule has 0 aliphatic rings. The van der Waals surface area contributed by atoms with E-state index in [1.54, 1.807) is 0 Å². The fourth-order valence-electron chi connectivity index (χ4n) is 3.08. The number of aromatic carboxylic acids is 1. The maximum absolute atomic E-state index is 13.0. The van der Waals surface area contributed by atoms with Crippen molar-refractivity contribution in [2.24, 2.45) is 0 Å². The lowest BCUT2D eigenvalue weighted by Gasteiger charge is -2.10. The number of aromatic amines is 2. The molecule has 0 saturated carbocycles. The van der Waals surface area contributed by atoms with E-state index in [1.165, 1.54) is 36.4 Å². The van der Waals surface area contributed by atoms with Crippen LogP contribution < -0.4 is 5.43 Å². The molecule has 0 bridgehead atoms. The molecule has 0 saturated heterocycles. The summed E-state index contributed by atoms with van der Waals surface area (Å²) in [7, 11) is 0. The molecule has 0 amide bonds. The summed E-state index contributed by atoms with van der Waals surface area (Å²) in [6.45, 7) is 0. The Bertz CT molecular complexity index is 1270. The van der Waals surface area contributed by atoms with Gasteiger partial charge in [-0.1, -0.05) is 12.1 Å². The van der Waals surface area contributed by atoms with E-state index in [9.17, 15) is 27.9 Å². The molecule has 4 aromatic rings. The molecule has 0 aliphatic heterocycles. The summed E-state index contributed by atoms with van der Waals surface area (Å²) in [6, 6.07) is 10.1. The van der Waals surface area contributed by atoms with E-state index >= 15 is 0 Å². The second-order valence-corrected chi connectivity index (χ2v) is 6.06. The highest BCUT2D eigenvalue weighted by atomic mass is 19.4. The molecule has 3 N–H and O–H groups in total. The van der Waals surface area contributed by atoms with Gasteiger partial charge >= 0.3 is 12.1 Å². The highest BCUT2D eigenvalue weighted by molar-refractivity contribution is 6.12. The van der Waals surface area contributed by atoms with Gasteiger partial charge in [-0.05, 0) is 35.9 Å². The van der Waals surface area contributed by atoms with Crippen molar-refractivity contribution in [1.29, 1.82) is 0 Å². The summed E-state index contributed by atoms with van der Waals surface area (Å²) in [6.07, 6.45) is -4.51. The van der Waals surface area contributed by atoms with Gasteiger partial charge in [-0.15, -0.1) is 0 Å². The van der Waals surface area contributed by atoms with Crippen LogP contribution in [0.2, 0.25) is 0 Å². The first-order chi connectivity index (χ1) is 12.7. The first-order valence-corrected chi connectivity index (χ1v) is 7.84. The van der Waals surface area contributed by atoms with Crippen LogP contribution >= 0.6 is 0 Å². The Morgan fingerprint density at radius 1 is 0.963 bits per heavy atom. The summed E-state index contributed by atoms with van der Waals surface area (Å²) in [5.74, 6) is -1.24. The maximum Gasteiger partial charge on any atom is 0.416 e. The Balaban J connectivity index is 2.04. The third-order valence-corrected chi connectivity index (χ3v) is 4.32. The summed E-state index contributed by atoms with van der Waals surface area (Å²) in [5.41, 5.74) is 0.333. The molecule has 8 heteroatoms. The van der Waals surface area contributed by atoms with E-state index in [4.69, 9.17) is 0 Å². The van der Waals surface area contributed by atoms with Crippen LogP contribution in [0.4, 0.5) is 13.2 Å². The zero-order chi connectivity index (χ0) is 19.3. The lowest BCUT2D eigenvalue weighted by atomic mass is 10.0. The van der Waals surface area contributed by atoms with Crippen molar-refractivity contribution in [2.45, 2.75) is 6.18 Å². The van der Waals surface area contributed by atoms with E-state index in [0.717, 1.165) is 12.1 Å². The van der Waals surface area contributed by atoms with Gasteiger partial charge in [-0.3, -0.25) is 4.79 Å². The number of H-pyrrole nitrogens is 2. The van der Waals surface area contributed by atoms with Gasteiger partial charge in [0.2, 0.25) is 0 Å². The molecule has 0 spiro atoms. The van der Waals surface area contributed by atoms with E-state index < -0.39 is 17.7 Å². The minimum Gasteiger partial charge on any atom is -0.478 e. The zero-order valence-electron chi connectivity index (χ0n) is 13.5. The van der Waals surface area contributed by atoms with Crippen molar-refractivity contribution in [1.82, 2.24) is 9.97 Å². The number of carboxylic acid groups (broad SMARTS) is 1. The average Bonchev–Trinajstić information content (AvgIpc) is 2.97. The highest BCUT2D eigenvalue weighted by Crippen LogP contribution is 2.34. The number of benzene rings is 2. The molecule has 5 nitrogen and oxygen atoms in total. The van der Waals surface area contributed by atoms with Gasteiger partial charge in [0.25, 0.3) is 0 Å². The number of alkyl halides is 3. The number of aromatic nitrogens is 2. The standard InChI is InChI=1S/C19H11F3N2O3/c20-19(21,22)10-3-1-2-9(6-10)14-8-13(18(26)27)17-16(23-14)12-5-4-11(25)7-15(12)24-17/h1-8,23-24H,(H,26,27). The predicted octanol–water partition coefficient (Wildman–Crippen LogP) is 4.39. The largest absolute Gasteiger partial charge is 0.478 e.